The number of allylic oxidation sites excluding steroid dienone is 2. The van der Waals surface area contributed by atoms with E-state index in [-0.39, 0.29) is 29.4 Å². The van der Waals surface area contributed by atoms with Crippen LogP contribution in [-0.4, -0.2) is 60.6 Å². The van der Waals surface area contributed by atoms with Crippen LogP contribution in [0.15, 0.2) is 59.4 Å². The highest BCUT2D eigenvalue weighted by Gasteiger charge is 2.27. The molecule has 0 radical (unpaired) electrons. The summed E-state index contributed by atoms with van der Waals surface area (Å²) < 4.78 is 64.7. The Bertz CT molecular complexity index is 1040. The van der Waals surface area contributed by atoms with Crippen molar-refractivity contribution in [3.8, 4) is 0 Å². The van der Waals surface area contributed by atoms with Crippen LogP contribution >= 0.6 is 0 Å². The van der Waals surface area contributed by atoms with Crippen LogP contribution in [0, 0.1) is 0 Å². The third-order valence-corrected chi connectivity index (χ3v) is 8.21. The van der Waals surface area contributed by atoms with E-state index in [0.717, 1.165) is 29.7 Å². The van der Waals surface area contributed by atoms with Crippen molar-refractivity contribution >= 4 is 20.0 Å². The molecule has 2 aliphatic heterocycles. The van der Waals surface area contributed by atoms with E-state index in [9.17, 15) is 16.8 Å². The first-order valence-corrected chi connectivity index (χ1v) is 12.5. The molecule has 8 nitrogen and oxygen atoms in total. The number of benzene rings is 1. The predicted molar refractivity (Wildman–Crippen MR) is 114 cm³/mol. The van der Waals surface area contributed by atoms with Gasteiger partial charge >= 0.3 is 0 Å². The Morgan fingerprint density at radius 1 is 1.07 bits per heavy atom. The molecule has 1 unspecified atom stereocenters. The molecule has 1 atom stereocenters. The van der Waals surface area contributed by atoms with Gasteiger partial charge in [-0.05, 0) is 29.7 Å². The van der Waals surface area contributed by atoms with Gasteiger partial charge in [0.1, 0.15) is 0 Å². The third-order valence-electron chi connectivity index (χ3n) is 4.99. The van der Waals surface area contributed by atoms with Crippen LogP contribution in [0.3, 0.4) is 0 Å². The molecule has 0 aromatic heterocycles. The van der Waals surface area contributed by atoms with Crippen molar-refractivity contribution in [1.82, 2.24) is 9.03 Å². The minimum Gasteiger partial charge on any atom is -0.379 e. The Morgan fingerprint density at radius 3 is 2.47 bits per heavy atom. The van der Waals surface area contributed by atoms with Gasteiger partial charge in [0.2, 0.25) is 20.0 Å². The Balaban J connectivity index is 1.61. The van der Waals surface area contributed by atoms with Crippen molar-refractivity contribution in [2.24, 2.45) is 0 Å². The van der Waals surface area contributed by atoms with Crippen molar-refractivity contribution in [2.75, 3.05) is 39.5 Å². The van der Waals surface area contributed by atoms with E-state index in [1.54, 1.807) is 0 Å². The lowest BCUT2D eigenvalue weighted by atomic mass is 9.98. The summed E-state index contributed by atoms with van der Waals surface area (Å²) in [6.45, 7) is 8.79. The Labute approximate surface area is 178 Å². The Kier molecular flexibility index (Phi) is 7.27. The van der Waals surface area contributed by atoms with Crippen molar-refractivity contribution < 1.29 is 26.3 Å². The fourth-order valence-corrected chi connectivity index (χ4v) is 5.24. The highest BCUT2D eigenvalue weighted by molar-refractivity contribution is 7.93. The largest absolute Gasteiger partial charge is 0.379 e. The highest BCUT2D eigenvalue weighted by Crippen LogP contribution is 2.26. The second-order valence-corrected chi connectivity index (χ2v) is 10.8. The standard InChI is InChI=1S/C20H26N2O6S2/c1-16(7-8-17(2)30(25,26)22-10-13-27-14-11-22)29(23,24)21-15-20-19-6-4-3-5-18(19)9-12-28-20/h3-8,20-21H,1-2,9-15H2/b8-7-. The first-order valence-electron chi connectivity index (χ1n) is 9.54. The smallest absolute Gasteiger partial charge is 0.242 e. The van der Waals surface area contributed by atoms with Gasteiger partial charge in [-0.3, -0.25) is 0 Å². The topological polar surface area (TPSA) is 102 Å². The summed E-state index contributed by atoms with van der Waals surface area (Å²) >= 11 is 0. The zero-order valence-electron chi connectivity index (χ0n) is 16.6. The molecular weight excluding hydrogens is 428 g/mol. The van der Waals surface area contributed by atoms with E-state index < -0.39 is 26.2 Å². The molecule has 2 aliphatic rings. The summed E-state index contributed by atoms with van der Waals surface area (Å²) in [5, 5.41) is 0. The van der Waals surface area contributed by atoms with E-state index in [0.29, 0.717) is 19.8 Å². The van der Waals surface area contributed by atoms with Crippen molar-refractivity contribution in [2.45, 2.75) is 12.5 Å². The van der Waals surface area contributed by atoms with Crippen molar-refractivity contribution in [3.05, 3.63) is 70.5 Å². The molecule has 10 heteroatoms. The molecule has 30 heavy (non-hydrogen) atoms. The van der Waals surface area contributed by atoms with E-state index >= 15 is 0 Å². The third kappa shape index (κ3) is 5.26. The number of hydrogen-bond acceptors (Lipinski definition) is 6. The molecular formula is C20H26N2O6S2. The maximum Gasteiger partial charge on any atom is 0.242 e. The first kappa shape index (κ1) is 22.9. The molecule has 0 aliphatic carbocycles. The molecule has 0 bridgehead atoms. The minimum absolute atomic E-state index is 0.0548. The summed E-state index contributed by atoms with van der Waals surface area (Å²) in [6.07, 6.45) is 2.68. The summed E-state index contributed by atoms with van der Waals surface area (Å²) in [6, 6.07) is 7.75. The number of hydrogen-bond donors (Lipinski definition) is 1. The van der Waals surface area contributed by atoms with Gasteiger partial charge in [-0.25, -0.2) is 21.6 Å². The lowest BCUT2D eigenvalue weighted by molar-refractivity contribution is 0.0461. The number of morpholine rings is 1. The van der Waals surface area contributed by atoms with Crippen LogP contribution in [0.1, 0.15) is 17.2 Å². The normalized spacial score (nSPS) is 20.7. The Hall–Kier alpha value is -1.82. The van der Waals surface area contributed by atoms with Gasteiger partial charge in [-0.15, -0.1) is 0 Å². The lowest BCUT2D eigenvalue weighted by Gasteiger charge is -2.26. The first-order chi connectivity index (χ1) is 14.2. The molecule has 1 fully saturated rings. The molecule has 0 saturated carbocycles. The van der Waals surface area contributed by atoms with Crippen LogP contribution < -0.4 is 4.72 Å². The van der Waals surface area contributed by atoms with Crippen molar-refractivity contribution in [1.29, 1.82) is 0 Å². The molecule has 1 aromatic rings. The average molecular weight is 455 g/mol. The summed E-state index contributed by atoms with van der Waals surface area (Å²) in [4.78, 5) is -0.463. The van der Waals surface area contributed by atoms with Gasteiger partial charge in [-0.2, -0.15) is 4.31 Å². The maximum absolute atomic E-state index is 12.5. The lowest BCUT2D eigenvalue weighted by Crippen LogP contribution is -2.40. The average Bonchev–Trinajstić information content (AvgIpc) is 2.76. The van der Waals surface area contributed by atoms with Crippen molar-refractivity contribution in [3.63, 3.8) is 0 Å². The van der Waals surface area contributed by atoms with Gasteiger partial charge in [0.05, 0.1) is 35.7 Å². The fourth-order valence-electron chi connectivity index (χ4n) is 3.24. The molecule has 164 valence electrons. The van der Waals surface area contributed by atoms with Crippen LogP contribution in [-0.2, 0) is 35.9 Å². The molecule has 1 N–H and O–H groups in total. The van der Waals surface area contributed by atoms with Crippen LogP contribution in [0.2, 0.25) is 0 Å². The second-order valence-electron chi connectivity index (χ2n) is 6.94. The number of sulfonamides is 2. The zero-order valence-corrected chi connectivity index (χ0v) is 18.3. The molecule has 2 heterocycles. The summed E-state index contributed by atoms with van der Waals surface area (Å²) in [7, 11) is -7.68. The van der Waals surface area contributed by atoms with Crippen LogP contribution in [0.5, 0.6) is 0 Å². The molecule has 1 saturated heterocycles. The molecule has 0 amide bonds. The van der Waals surface area contributed by atoms with Crippen LogP contribution in [0.4, 0.5) is 0 Å². The fraction of sp³-hybridized carbons (Fsp3) is 0.400. The van der Waals surface area contributed by atoms with Gasteiger partial charge in [-0.1, -0.05) is 37.4 Å². The van der Waals surface area contributed by atoms with E-state index in [1.165, 1.54) is 4.31 Å². The minimum atomic E-state index is -3.91. The number of nitrogens with one attached hydrogen (secondary N) is 1. The summed E-state index contributed by atoms with van der Waals surface area (Å²) in [5.74, 6) is 0. The number of ether oxygens (including phenoxy) is 2. The van der Waals surface area contributed by atoms with E-state index in [1.807, 2.05) is 24.3 Å². The van der Waals surface area contributed by atoms with E-state index in [2.05, 4.69) is 17.9 Å². The molecule has 1 aromatic carbocycles. The van der Waals surface area contributed by atoms with Gasteiger partial charge < -0.3 is 9.47 Å². The molecule has 0 spiro atoms. The van der Waals surface area contributed by atoms with Crippen LogP contribution in [0.25, 0.3) is 0 Å². The van der Waals surface area contributed by atoms with Gasteiger partial charge in [0.25, 0.3) is 0 Å². The monoisotopic (exact) mass is 454 g/mol. The highest BCUT2D eigenvalue weighted by atomic mass is 32.2. The number of rotatable bonds is 8. The number of nitrogens with zero attached hydrogens (tertiary/aromatic N) is 1. The SMILES string of the molecule is C=C(/C=C\C(=C)S(=O)(=O)N1CCOCC1)S(=O)(=O)NCC1OCCc2ccccc21. The second kappa shape index (κ2) is 9.54. The predicted octanol–water partition coefficient (Wildman–Crippen LogP) is 1.47. The van der Waals surface area contributed by atoms with Gasteiger partial charge in [0, 0.05) is 19.6 Å². The number of fused-ring (bicyclic) bond motifs is 1. The quantitative estimate of drug-likeness (QED) is 0.597. The van der Waals surface area contributed by atoms with E-state index in [4.69, 9.17) is 9.47 Å². The molecule has 3 rings (SSSR count). The Morgan fingerprint density at radius 2 is 1.73 bits per heavy atom. The summed E-state index contributed by atoms with van der Waals surface area (Å²) in [5.41, 5.74) is 2.09. The zero-order chi connectivity index (χ0) is 21.8. The maximum atomic E-state index is 12.5. The van der Waals surface area contributed by atoms with Gasteiger partial charge in [0.15, 0.2) is 0 Å².